The quantitative estimate of drug-likeness (QED) is 0.572. The number of rotatable bonds is 0. The zero-order chi connectivity index (χ0) is 6.74. The topological polar surface area (TPSA) is 20.2 Å². The Morgan fingerprint density at radius 2 is 1.44 bits per heavy atom. The molecule has 1 nitrogen and oxygen atoms in total. The van der Waals surface area contributed by atoms with Crippen LogP contribution in [0, 0.1) is 0 Å². The lowest BCUT2D eigenvalue weighted by Crippen LogP contribution is -2.10. The summed E-state index contributed by atoms with van der Waals surface area (Å²) < 4.78 is -0.948. The molecular formula is C7H7BrO. The zero-order valence-corrected chi connectivity index (χ0v) is 6.38. The maximum atomic E-state index is 9.26. The van der Waals surface area contributed by atoms with Crippen LogP contribution in [0.15, 0.2) is 36.5 Å². The van der Waals surface area contributed by atoms with Crippen molar-refractivity contribution >= 4 is 15.9 Å². The van der Waals surface area contributed by atoms with E-state index in [4.69, 9.17) is 0 Å². The van der Waals surface area contributed by atoms with Crippen LogP contribution in [-0.4, -0.2) is 9.62 Å². The fourth-order valence-electron chi connectivity index (χ4n) is 0.565. The van der Waals surface area contributed by atoms with Gasteiger partial charge in [-0.2, -0.15) is 0 Å². The largest absolute Gasteiger partial charge is 0.372 e. The minimum absolute atomic E-state index is 0.948. The molecule has 9 heavy (non-hydrogen) atoms. The first-order chi connectivity index (χ1) is 4.21. The van der Waals surface area contributed by atoms with Gasteiger partial charge in [0.15, 0.2) is 4.51 Å². The highest BCUT2D eigenvalue weighted by Gasteiger charge is 2.12. The number of halogens is 1. The lowest BCUT2D eigenvalue weighted by atomic mass is 10.3. The van der Waals surface area contributed by atoms with E-state index < -0.39 is 4.51 Å². The molecule has 0 heterocycles. The van der Waals surface area contributed by atoms with Crippen molar-refractivity contribution < 1.29 is 5.11 Å². The average Bonchev–Trinajstić information content (AvgIpc) is 1.92. The van der Waals surface area contributed by atoms with E-state index in [2.05, 4.69) is 15.9 Å². The van der Waals surface area contributed by atoms with Crippen LogP contribution < -0.4 is 0 Å². The first-order valence-electron chi connectivity index (χ1n) is 2.66. The number of alkyl halides is 1. The average molecular weight is 187 g/mol. The van der Waals surface area contributed by atoms with Crippen LogP contribution in [-0.2, 0) is 0 Å². The van der Waals surface area contributed by atoms with Gasteiger partial charge in [0.2, 0.25) is 0 Å². The Bertz CT molecular complexity index is 159. The summed E-state index contributed by atoms with van der Waals surface area (Å²) in [4.78, 5) is 0. The molecule has 0 fully saturated rings. The van der Waals surface area contributed by atoms with Gasteiger partial charge in [0.1, 0.15) is 0 Å². The van der Waals surface area contributed by atoms with Crippen LogP contribution in [0.5, 0.6) is 0 Å². The molecule has 0 aromatic heterocycles. The predicted octanol–water partition coefficient (Wildman–Crippen LogP) is 1.75. The molecule has 0 aromatic rings. The van der Waals surface area contributed by atoms with Crippen molar-refractivity contribution in [2.45, 2.75) is 4.51 Å². The summed E-state index contributed by atoms with van der Waals surface area (Å²) in [5, 5.41) is 9.26. The highest BCUT2D eigenvalue weighted by atomic mass is 79.9. The summed E-state index contributed by atoms with van der Waals surface area (Å²) >= 11 is 3.08. The van der Waals surface area contributed by atoms with E-state index in [1.807, 2.05) is 12.2 Å². The Balaban J connectivity index is 2.82. The molecule has 0 spiro atoms. The Hall–Kier alpha value is -0.340. The van der Waals surface area contributed by atoms with E-state index in [0.717, 1.165) is 0 Å². The Labute approximate surface area is 62.5 Å². The predicted molar refractivity (Wildman–Crippen MR) is 41.3 cm³/mol. The molecule has 0 saturated carbocycles. The summed E-state index contributed by atoms with van der Waals surface area (Å²) in [6, 6.07) is 0. The number of hydrogen-bond donors (Lipinski definition) is 1. The molecule has 0 aromatic carbocycles. The van der Waals surface area contributed by atoms with Gasteiger partial charge < -0.3 is 5.11 Å². The second-order valence-corrected chi connectivity index (χ2v) is 3.10. The fourth-order valence-corrected chi connectivity index (χ4v) is 0.870. The van der Waals surface area contributed by atoms with Gasteiger partial charge in [0.25, 0.3) is 0 Å². The number of aliphatic hydroxyl groups is 1. The lowest BCUT2D eigenvalue weighted by Gasteiger charge is -2.07. The minimum atomic E-state index is -0.948. The molecule has 0 amide bonds. The second kappa shape index (κ2) is 2.50. The van der Waals surface area contributed by atoms with Crippen LogP contribution in [0.2, 0.25) is 0 Å². The standard InChI is InChI=1S/C7H7BrO/c8-7(9)5-3-1-2-4-6-7/h1-6,9H. The highest BCUT2D eigenvalue weighted by molar-refractivity contribution is 9.10. The molecule has 1 N–H and O–H groups in total. The Kier molecular flexibility index (Phi) is 1.88. The van der Waals surface area contributed by atoms with Gasteiger partial charge in [-0.1, -0.05) is 24.3 Å². The molecule has 0 aliphatic heterocycles. The van der Waals surface area contributed by atoms with Crippen LogP contribution in [0.1, 0.15) is 0 Å². The minimum Gasteiger partial charge on any atom is -0.372 e. The van der Waals surface area contributed by atoms with Crippen LogP contribution >= 0.6 is 15.9 Å². The van der Waals surface area contributed by atoms with Crippen molar-refractivity contribution in [2.75, 3.05) is 0 Å². The molecule has 48 valence electrons. The third-order valence-corrected chi connectivity index (χ3v) is 1.52. The summed E-state index contributed by atoms with van der Waals surface area (Å²) in [7, 11) is 0. The molecule has 1 aliphatic rings. The molecule has 0 saturated heterocycles. The van der Waals surface area contributed by atoms with E-state index >= 15 is 0 Å². The lowest BCUT2D eigenvalue weighted by molar-refractivity contribution is 0.245. The zero-order valence-electron chi connectivity index (χ0n) is 4.79. The SMILES string of the molecule is OC1(Br)C=CC=CC=C1. The highest BCUT2D eigenvalue weighted by Crippen LogP contribution is 2.18. The first-order valence-corrected chi connectivity index (χ1v) is 3.45. The summed E-state index contributed by atoms with van der Waals surface area (Å²) in [6.45, 7) is 0. The van der Waals surface area contributed by atoms with Crippen molar-refractivity contribution in [1.82, 2.24) is 0 Å². The van der Waals surface area contributed by atoms with Gasteiger partial charge >= 0.3 is 0 Å². The molecule has 2 heteroatoms. The maximum absolute atomic E-state index is 9.26. The van der Waals surface area contributed by atoms with Gasteiger partial charge in [-0.3, -0.25) is 0 Å². The first kappa shape index (κ1) is 6.78. The van der Waals surface area contributed by atoms with Crippen molar-refractivity contribution in [3.8, 4) is 0 Å². The molecule has 0 unspecified atom stereocenters. The van der Waals surface area contributed by atoms with E-state index in [1.165, 1.54) is 0 Å². The van der Waals surface area contributed by atoms with Crippen molar-refractivity contribution in [3.05, 3.63) is 36.5 Å². The summed E-state index contributed by atoms with van der Waals surface area (Å²) in [6.07, 6.45) is 10.6. The van der Waals surface area contributed by atoms with Crippen molar-refractivity contribution in [1.29, 1.82) is 0 Å². The summed E-state index contributed by atoms with van der Waals surface area (Å²) in [5.41, 5.74) is 0. The van der Waals surface area contributed by atoms with E-state index in [-0.39, 0.29) is 0 Å². The Morgan fingerprint density at radius 1 is 1.00 bits per heavy atom. The van der Waals surface area contributed by atoms with Crippen molar-refractivity contribution in [3.63, 3.8) is 0 Å². The third-order valence-electron chi connectivity index (χ3n) is 0.993. The van der Waals surface area contributed by atoms with Crippen LogP contribution in [0.25, 0.3) is 0 Å². The van der Waals surface area contributed by atoms with Gasteiger partial charge in [0, 0.05) is 0 Å². The van der Waals surface area contributed by atoms with Gasteiger partial charge in [-0.25, -0.2) is 0 Å². The van der Waals surface area contributed by atoms with Crippen molar-refractivity contribution in [2.24, 2.45) is 0 Å². The molecule has 1 aliphatic carbocycles. The molecule has 0 bridgehead atoms. The summed E-state index contributed by atoms with van der Waals surface area (Å²) in [5.74, 6) is 0. The number of hydrogen-bond acceptors (Lipinski definition) is 1. The molecule has 0 radical (unpaired) electrons. The normalized spacial score (nSPS) is 22.0. The smallest absolute Gasteiger partial charge is 0.157 e. The van der Waals surface area contributed by atoms with E-state index in [9.17, 15) is 5.11 Å². The van der Waals surface area contributed by atoms with Crippen LogP contribution in [0.4, 0.5) is 0 Å². The molecular weight excluding hydrogens is 180 g/mol. The van der Waals surface area contributed by atoms with Crippen LogP contribution in [0.3, 0.4) is 0 Å². The van der Waals surface area contributed by atoms with Gasteiger partial charge in [0.05, 0.1) is 0 Å². The third kappa shape index (κ3) is 2.16. The maximum Gasteiger partial charge on any atom is 0.157 e. The fraction of sp³-hybridized carbons (Fsp3) is 0.143. The van der Waals surface area contributed by atoms with E-state index in [0.29, 0.717) is 0 Å². The number of allylic oxidation sites excluding steroid dienone is 4. The Morgan fingerprint density at radius 3 is 1.89 bits per heavy atom. The van der Waals surface area contributed by atoms with Gasteiger partial charge in [-0.15, -0.1) is 0 Å². The monoisotopic (exact) mass is 186 g/mol. The molecule has 0 atom stereocenters. The van der Waals surface area contributed by atoms with Gasteiger partial charge in [-0.05, 0) is 28.1 Å². The second-order valence-electron chi connectivity index (χ2n) is 1.83. The van der Waals surface area contributed by atoms with E-state index in [1.54, 1.807) is 24.3 Å². The molecule has 1 rings (SSSR count).